The van der Waals surface area contributed by atoms with Crippen LogP contribution in [0.4, 0.5) is 5.69 Å². The van der Waals surface area contributed by atoms with Gasteiger partial charge in [0.1, 0.15) is 30.5 Å². The van der Waals surface area contributed by atoms with E-state index in [1.165, 1.54) is 6.92 Å². The maximum atomic E-state index is 14.8. The van der Waals surface area contributed by atoms with Gasteiger partial charge in [-0.2, -0.15) is 0 Å². The van der Waals surface area contributed by atoms with Crippen molar-refractivity contribution in [2.45, 2.75) is 201 Å². The minimum absolute atomic E-state index is 0.130. The van der Waals surface area contributed by atoms with Crippen LogP contribution < -0.4 is 10.2 Å². The van der Waals surface area contributed by atoms with Crippen LogP contribution in [0.1, 0.15) is 79.1 Å². The van der Waals surface area contributed by atoms with Crippen LogP contribution in [0.15, 0.2) is 115 Å². The SMILES string of the molecule is C[C@@H]1[C@H](O)[C@@H](C)C=CC=CC=CC=CC=CC=CC=C[C@H](OC2O[C@H](C)[C@@H](O)[C@H](NC[C@@]3(O)OC[C@@H](O)[C@H](O)[C@@H]3O)[C@@H]2O)CC2O[C@](O)(C[C@@H](O)C[C@@H](O)[C@H](O)CC[C@@H](O)C[C@@H](O)CC(=O)O[C@H]1C)C[C@H](O)C2C(=O)N1CCN(c2ccccc2)CC1. The van der Waals surface area contributed by atoms with Gasteiger partial charge in [0.05, 0.1) is 98.7 Å². The lowest BCUT2D eigenvalue weighted by Crippen LogP contribution is -2.69. The third kappa shape index (κ3) is 21.0. The van der Waals surface area contributed by atoms with Crippen LogP contribution in [0.5, 0.6) is 0 Å². The summed E-state index contributed by atoms with van der Waals surface area (Å²) in [4.78, 5) is 31.3. The van der Waals surface area contributed by atoms with Crippen molar-refractivity contribution in [1.29, 1.82) is 0 Å². The largest absolute Gasteiger partial charge is 0.462 e. The molecule has 5 heterocycles. The van der Waals surface area contributed by atoms with Gasteiger partial charge in [-0.25, -0.2) is 0 Å². The minimum atomic E-state index is -2.47. The number of ether oxygens (including phenoxy) is 5. The highest BCUT2D eigenvalue weighted by molar-refractivity contribution is 5.80. The molecular weight excluding hydrogens is 1130 g/mol. The fraction of sp³-hybridized carbons (Fsp3) is 0.651. The molecule has 15 N–H and O–H groups in total. The number of carbonyl (C=O) groups excluding carboxylic acids is 2. The lowest BCUT2D eigenvalue weighted by Gasteiger charge is -2.48. The summed E-state index contributed by atoms with van der Waals surface area (Å²) in [6.45, 7) is 6.92. The number of cyclic esters (lactones) is 1. The van der Waals surface area contributed by atoms with Gasteiger partial charge in [-0.3, -0.25) is 9.59 Å². The quantitative estimate of drug-likeness (QED) is 0.152. The van der Waals surface area contributed by atoms with E-state index in [0.717, 1.165) is 5.69 Å². The van der Waals surface area contributed by atoms with E-state index in [1.807, 2.05) is 43.3 Å². The second-order valence-electron chi connectivity index (χ2n) is 23.9. The molecule has 2 bridgehead atoms. The van der Waals surface area contributed by atoms with Gasteiger partial charge in [0.2, 0.25) is 11.7 Å². The normalized spacial score (nSPS) is 40.9. The number of benzene rings is 1. The number of aliphatic hydroxyl groups excluding tert-OH is 12. The molecule has 0 radical (unpaired) electrons. The zero-order chi connectivity index (χ0) is 63.6. The van der Waals surface area contributed by atoms with Crippen molar-refractivity contribution in [3.05, 3.63) is 115 Å². The highest BCUT2D eigenvalue weighted by Gasteiger charge is 2.53. The van der Waals surface area contributed by atoms with Crippen LogP contribution in [-0.4, -0.2) is 249 Å². The Hall–Kier alpha value is -4.62. The first-order valence-electron chi connectivity index (χ1n) is 30.2. The number of anilines is 1. The molecule has 488 valence electrons. The Morgan fingerprint density at radius 1 is 0.632 bits per heavy atom. The molecular formula is C63H95N3O21. The van der Waals surface area contributed by atoms with Gasteiger partial charge < -0.3 is 110 Å². The van der Waals surface area contributed by atoms with Crippen molar-refractivity contribution >= 4 is 17.6 Å². The van der Waals surface area contributed by atoms with Crippen LogP contribution >= 0.6 is 0 Å². The lowest BCUT2D eigenvalue weighted by molar-refractivity contribution is -0.323. The summed E-state index contributed by atoms with van der Waals surface area (Å²) in [6.07, 6.45) is -2.91. The predicted molar refractivity (Wildman–Crippen MR) is 317 cm³/mol. The molecule has 1 aromatic carbocycles. The zero-order valence-electron chi connectivity index (χ0n) is 50.0. The Balaban J connectivity index is 1.28. The number of esters is 1. The summed E-state index contributed by atoms with van der Waals surface area (Å²) in [5.74, 6) is -8.22. The zero-order valence-corrected chi connectivity index (χ0v) is 50.0. The molecule has 1 amide bonds. The van der Waals surface area contributed by atoms with Gasteiger partial charge in [-0.1, -0.05) is 117 Å². The fourth-order valence-electron chi connectivity index (χ4n) is 11.5. The highest BCUT2D eigenvalue weighted by atomic mass is 16.7. The molecule has 5 aliphatic heterocycles. The van der Waals surface area contributed by atoms with Crippen LogP contribution in [-0.2, 0) is 33.3 Å². The number of hydrogen-bond donors (Lipinski definition) is 15. The Labute approximate surface area is 508 Å². The second kappa shape index (κ2) is 34.0. The third-order valence-electron chi connectivity index (χ3n) is 17.0. The maximum absolute atomic E-state index is 14.8. The van der Waals surface area contributed by atoms with E-state index in [4.69, 9.17) is 23.7 Å². The molecule has 0 aliphatic carbocycles. The number of fused-ring (bicyclic) bond motifs is 2. The van der Waals surface area contributed by atoms with Crippen LogP contribution in [0.25, 0.3) is 0 Å². The summed E-state index contributed by atoms with van der Waals surface area (Å²) in [7, 11) is 0. The first-order chi connectivity index (χ1) is 41.3. The predicted octanol–water partition coefficient (Wildman–Crippen LogP) is -0.592. The molecule has 3 unspecified atom stereocenters. The van der Waals surface area contributed by atoms with E-state index in [9.17, 15) is 81.1 Å². The molecule has 24 nitrogen and oxygen atoms in total. The Morgan fingerprint density at radius 2 is 1.24 bits per heavy atom. The monoisotopic (exact) mass is 1230 g/mol. The van der Waals surface area contributed by atoms with Crippen LogP contribution in [0, 0.1) is 17.8 Å². The molecule has 0 aromatic heterocycles. The molecule has 0 saturated carbocycles. The highest BCUT2D eigenvalue weighted by Crippen LogP contribution is 2.39. The van der Waals surface area contributed by atoms with E-state index < -0.39 is 184 Å². The number of allylic oxidation sites excluding steroid dienone is 12. The molecule has 23 atom stereocenters. The van der Waals surface area contributed by atoms with Gasteiger partial charge >= 0.3 is 5.97 Å². The first-order valence-corrected chi connectivity index (χ1v) is 30.2. The average molecular weight is 1230 g/mol. The molecule has 24 heteroatoms. The van der Waals surface area contributed by atoms with Crippen LogP contribution in [0.3, 0.4) is 0 Å². The van der Waals surface area contributed by atoms with E-state index >= 15 is 0 Å². The van der Waals surface area contributed by atoms with Gasteiger partial charge in [0.15, 0.2) is 12.1 Å². The standard InChI is InChI=1S/C63H95N3O21/c1-38-20-16-13-11-9-7-5-6-8-10-12-14-19-23-46(86-61-58(78)54(56(76)41(4)85-61)64-37-63(82)59(79)57(77)50(73)36-83-63)33-51-53(60(80)66-28-26-65(27-29-66)42-21-17-15-18-22-42)49(72)35-62(81,87-51)34-45(69)31-48(71)47(70)25-24-43(67)30-44(68)32-52(74)84-40(3)39(2)55(38)75/h5-23,38-41,43-51,53-59,61,64,67-73,75-79,81-82H,24-37H2,1-4H3/t38-,39-,40-,41+,43+,44+,45-,46-,47+,48+,49-,50+,51?,53?,54-,55+,56+,57-,58-,59-,61?,62+,63+/m0/s1. The number of hydrogen-bond acceptors (Lipinski definition) is 23. The van der Waals surface area contributed by atoms with Crippen LogP contribution in [0.2, 0.25) is 0 Å². The van der Waals surface area contributed by atoms with Gasteiger partial charge in [0, 0.05) is 69.4 Å². The second-order valence-corrected chi connectivity index (χ2v) is 23.9. The Bertz CT molecular complexity index is 2480. The number of rotatable bonds is 7. The third-order valence-corrected chi connectivity index (χ3v) is 17.0. The van der Waals surface area contributed by atoms with E-state index in [0.29, 0.717) is 13.1 Å². The number of nitrogens with one attached hydrogen (secondary N) is 1. The Morgan fingerprint density at radius 3 is 1.87 bits per heavy atom. The first kappa shape index (κ1) is 71.5. The van der Waals surface area contributed by atoms with Crippen molar-refractivity contribution in [2.75, 3.05) is 44.2 Å². The van der Waals surface area contributed by atoms with Gasteiger partial charge in [0.25, 0.3) is 0 Å². The van der Waals surface area contributed by atoms with Crippen molar-refractivity contribution in [3.8, 4) is 0 Å². The minimum Gasteiger partial charge on any atom is -0.462 e. The van der Waals surface area contributed by atoms with E-state index in [2.05, 4.69) is 10.2 Å². The summed E-state index contributed by atoms with van der Waals surface area (Å²) in [6, 6.07) is 8.28. The van der Waals surface area contributed by atoms with E-state index in [-0.39, 0.29) is 44.7 Å². The molecule has 4 saturated heterocycles. The molecule has 5 aliphatic rings. The molecule has 4 fully saturated rings. The van der Waals surface area contributed by atoms with E-state index in [1.54, 1.807) is 97.7 Å². The average Bonchev–Trinajstić information content (AvgIpc) is 1.60. The summed E-state index contributed by atoms with van der Waals surface area (Å²) in [5, 5.41) is 158. The number of aliphatic hydroxyl groups is 14. The van der Waals surface area contributed by atoms with Crippen molar-refractivity contribution < 1.29 is 105 Å². The lowest BCUT2D eigenvalue weighted by atomic mass is 9.81. The smallest absolute Gasteiger partial charge is 0.308 e. The molecule has 87 heavy (non-hydrogen) atoms. The van der Waals surface area contributed by atoms with Crippen molar-refractivity contribution in [3.63, 3.8) is 0 Å². The summed E-state index contributed by atoms with van der Waals surface area (Å²) >= 11 is 0. The fourth-order valence-corrected chi connectivity index (χ4v) is 11.5. The maximum Gasteiger partial charge on any atom is 0.308 e. The van der Waals surface area contributed by atoms with Crippen molar-refractivity contribution in [2.24, 2.45) is 17.8 Å². The topological polar surface area (TPSA) is 382 Å². The molecule has 1 aromatic rings. The number of para-hydroxylation sites is 1. The number of carbonyl (C=O) groups is 2. The summed E-state index contributed by atoms with van der Waals surface area (Å²) in [5.41, 5.74) is 0.958. The number of nitrogens with zero attached hydrogens (tertiary/aromatic N) is 2. The number of amides is 1. The van der Waals surface area contributed by atoms with Gasteiger partial charge in [-0.15, -0.1) is 0 Å². The number of piperazine rings is 1. The molecule has 6 rings (SSSR count). The summed E-state index contributed by atoms with van der Waals surface area (Å²) < 4.78 is 29.8. The van der Waals surface area contributed by atoms with Crippen molar-refractivity contribution in [1.82, 2.24) is 10.2 Å². The molecule has 0 spiro atoms. The Kier molecular flexibility index (Phi) is 27.9. The van der Waals surface area contributed by atoms with Gasteiger partial charge in [-0.05, 0) is 45.2 Å².